The summed E-state index contributed by atoms with van der Waals surface area (Å²) in [6, 6.07) is 9.37. The van der Waals surface area contributed by atoms with Gasteiger partial charge in [0.1, 0.15) is 0 Å². The Morgan fingerprint density at radius 3 is 2.76 bits per heavy atom. The molecule has 0 radical (unpaired) electrons. The third-order valence-corrected chi connectivity index (χ3v) is 4.72. The first-order valence-electron chi connectivity index (χ1n) is 8.49. The zero-order chi connectivity index (χ0) is 14.5. The minimum Gasteiger partial charge on any atom is -0.357 e. The van der Waals surface area contributed by atoms with E-state index >= 15 is 0 Å². The summed E-state index contributed by atoms with van der Waals surface area (Å²) >= 11 is 0. The van der Waals surface area contributed by atoms with E-state index in [2.05, 4.69) is 41.8 Å². The first kappa shape index (κ1) is 14.4. The van der Waals surface area contributed by atoms with Crippen molar-refractivity contribution in [3.63, 3.8) is 0 Å². The van der Waals surface area contributed by atoms with Gasteiger partial charge in [-0.2, -0.15) is 0 Å². The van der Waals surface area contributed by atoms with Crippen LogP contribution in [0.3, 0.4) is 0 Å². The molecule has 0 spiro atoms. The second-order valence-corrected chi connectivity index (χ2v) is 6.30. The van der Waals surface area contributed by atoms with Crippen molar-refractivity contribution in [1.29, 1.82) is 0 Å². The van der Waals surface area contributed by atoms with Crippen molar-refractivity contribution in [2.75, 3.05) is 13.1 Å². The molecule has 1 unspecified atom stereocenters. The monoisotopic (exact) mass is 285 g/mol. The van der Waals surface area contributed by atoms with Crippen LogP contribution >= 0.6 is 0 Å². The number of aliphatic imine (C=N–C) groups is 1. The molecule has 1 aromatic carbocycles. The molecular formula is C18H27N3. The van der Waals surface area contributed by atoms with Crippen LogP contribution in [0, 0.1) is 0 Å². The van der Waals surface area contributed by atoms with Crippen molar-refractivity contribution in [3.8, 4) is 0 Å². The molecule has 21 heavy (non-hydrogen) atoms. The summed E-state index contributed by atoms with van der Waals surface area (Å²) in [6.45, 7) is 3.97. The molecule has 3 nitrogen and oxygen atoms in total. The van der Waals surface area contributed by atoms with Crippen LogP contribution in [0.1, 0.15) is 56.1 Å². The van der Waals surface area contributed by atoms with E-state index < -0.39 is 0 Å². The molecule has 2 aliphatic rings. The molecule has 3 heteroatoms. The average Bonchev–Trinajstić information content (AvgIpc) is 2.49. The highest BCUT2D eigenvalue weighted by Crippen LogP contribution is 2.34. The van der Waals surface area contributed by atoms with E-state index in [1.54, 1.807) is 0 Å². The number of fused-ring (bicyclic) bond motifs is 1. The van der Waals surface area contributed by atoms with Crippen LogP contribution in [-0.4, -0.2) is 25.1 Å². The predicted molar refractivity (Wildman–Crippen MR) is 88.9 cm³/mol. The van der Waals surface area contributed by atoms with E-state index in [9.17, 15) is 0 Å². The van der Waals surface area contributed by atoms with Gasteiger partial charge in [-0.25, -0.2) is 0 Å². The van der Waals surface area contributed by atoms with Gasteiger partial charge in [-0.1, -0.05) is 43.5 Å². The topological polar surface area (TPSA) is 36.4 Å². The summed E-state index contributed by atoms with van der Waals surface area (Å²) in [5, 5.41) is 7.02. The van der Waals surface area contributed by atoms with Gasteiger partial charge >= 0.3 is 0 Å². The molecule has 0 saturated heterocycles. The molecule has 114 valence electrons. The molecule has 0 bridgehead atoms. The highest BCUT2D eigenvalue weighted by molar-refractivity contribution is 5.80. The fourth-order valence-electron chi connectivity index (χ4n) is 3.49. The highest BCUT2D eigenvalue weighted by Gasteiger charge is 2.25. The Kier molecular flexibility index (Phi) is 4.79. The van der Waals surface area contributed by atoms with Gasteiger partial charge in [-0.05, 0) is 37.3 Å². The van der Waals surface area contributed by atoms with Crippen LogP contribution in [0.25, 0.3) is 0 Å². The minimum absolute atomic E-state index is 0.614. The summed E-state index contributed by atoms with van der Waals surface area (Å²) in [5.74, 6) is 1.62. The molecule has 1 fully saturated rings. The lowest BCUT2D eigenvalue weighted by atomic mass is 9.78. The number of hydrogen-bond acceptors (Lipinski definition) is 1. The number of rotatable bonds is 4. The largest absolute Gasteiger partial charge is 0.357 e. The lowest BCUT2D eigenvalue weighted by Crippen LogP contribution is -2.44. The molecule has 0 aromatic heterocycles. The highest BCUT2D eigenvalue weighted by atomic mass is 15.2. The van der Waals surface area contributed by atoms with Gasteiger partial charge in [0.2, 0.25) is 0 Å². The zero-order valence-corrected chi connectivity index (χ0v) is 13.1. The Balaban J connectivity index is 1.56. The van der Waals surface area contributed by atoms with Crippen molar-refractivity contribution < 1.29 is 0 Å². The first-order valence-corrected chi connectivity index (χ1v) is 8.49. The third-order valence-electron chi connectivity index (χ3n) is 4.72. The second kappa shape index (κ2) is 6.97. The van der Waals surface area contributed by atoms with E-state index in [0.717, 1.165) is 19.0 Å². The zero-order valence-electron chi connectivity index (χ0n) is 13.1. The number of hydrogen-bond donors (Lipinski definition) is 2. The molecule has 1 atom stereocenters. The molecule has 0 heterocycles. The van der Waals surface area contributed by atoms with Crippen molar-refractivity contribution in [2.24, 2.45) is 4.99 Å². The standard InChI is InChI=1S/C18H27N3/c1-2-19-18(21-16-9-4-3-5-10-16)20-13-15-12-14-8-6-7-11-17(14)15/h6-8,11,15-16H,2-5,9-10,12-13H2,1H3,(H2,19,20,21). The smallest absolute Gasteiger partial charge is 0.191 e. The normalized spacial score (nSPS) is 22.3. The maximum Gasteiger partial charge on any atom is 0.191 e. The van der Waals surface area contributed by atoms with Gasteiger partial charge in [0.05, 0.1) is 0 Å². The number of benzene rings is 1. The van der Waals surface area contributed by atoms with Crippen LogP contribution in [0.15, 0.2) is 29.3 Å². The summed E-state index contributed by atoms with van der Waals surface area (Å²) in [4.78, 5) is 4.82. The van der Waals surface area contributed by atoms with E-state index in [4.69, 9.17) is 4.99 Å². The quantitative estimate of drug-likeness (QED) is 0.658. The Labute approximate surface area is 128 Å². The van der Waals surface area contributed by atoms with Crippen LogP contribution in [0.5, 0.6) is 0 Å². The molecular weight excluding hydrogens is 258 g/mol. The summed E-state index contributed by atoms with van der Waals surface area (Å²) < 4.78 is 0. The van der Waals surface area contributed by atoms with Crippen LogP contribution in [0.4, 0.5) is 0 Å². The second-order valence-electron chi connectivity index (χ2n) is 6.30. The summed E-state index contributed by atoms with van der Waals surface area (Å²) in [6.07, 6.45) is 7.86. The van der Waals surface area contributed by atoms with Gasteiger partial charge in [-0.3, -0.25) is 4.99 Å². The molecule has 3 rings (SSSR count). The van der Waals surface area contributed by atoms with Crippen molar-refractivity contribution >= 4 is 5.96 Å². The maximum absolute atomic E-state index is 4.82. The van der Waals surface area contributed by atoms with E-state index in [1.807, 2.05) is 0 Å². The van der Waals surface area contributed by atoms with Gasteiger partial charge in [0.25, 0.3) is 0 Å². The van der Waals surface area contributed by atoms with Gasteiger partial charge in [0.15, 0.2) is 5.96 Å². The Hall–Kier alpha value is -1.51. The molecule has 2 N–H and O–H groups in total. The fraction of sp³-hybridized carbons (Fsp3) is 0.611. The van der Waals surface area contributed by atoms with Crippen LogP contribution in [-0.2, 0) is 6.42 Å². The Morgan fingerprint density at radius 2 is 2.00 bits per heavy atom. The molecule has 2 aliphatic carbocycles. The number of guanidine groups is 1. The first-order chi connectivity index (χ1) is 10.4. The minimum atomic E-state index is 0.614. The van der Waals surface area contributed by atoms with Crippen molar-refractivity contribution in [3.05, 3.63) is 35.4 Å². The van der Waals surface area contributed by atoms with Crippen LogP contribution < -0.4 is 10.6 Å². The van der Waals surface area contributed by atoms with E-state index in [-0.39, 0.29) is 0 Å². The maximum atomic E-state index is 4.82. The van der Waals surface area contributed by atoms with Gasteiger partial charge in [-0.15, -0.1) is 0 Å². The molecule has 1 saturated carbocycles. The van der Waals surface area contributed by atoms with Gasteiger partial charge < -0.3 is 10.6 Å². The summed E-state index contributed by atoms with van der Waals surface area (Å²) in [5.41, 5.74) is 3.00. The Morgan fingerprint density at radius 1 is 1.19 bits per heavy atom. The number of nitrogens with zero attached hydrogens (tertiary/aromatic N) is 1. The lowest BCUT2D eigenvalue weighted by molar-refractivity contribution is 0.410. The number of nitrogens with one attached hydrogen (secondary N) is 2. The molecule has 0 aliphatic heterocycles. The Bertz CT molecular complexity index is 489. The summed E-state index contributed by atoms with van der Waals surface area (Å²) in [7, 11) is 0. The lowest BCUT2D eigenvalue weighted by Gasteiger charge is -2.29. The van der Waals surface area contributed by atoms with E-state index in [1.165, 1.54) is 49.7 Å². The average molecular weight is 285 g/mol. The molecule has 0 amide bonds. The van der Waals surface area contributed by atoms with Crippen LogP contribution in [0.2, 0.25) is 0 Å². The van der Waals surface area contributed by atoms with Crippen molar-refractivity contribution in [2.45, 2.75) is 57.4 Å². The SMILES string of the molecule is CCNC(=NCC1Cc2ccccc21)NC1CCCCC1. The fourth-order valence-corrected chi connectivity index (χ4v) is 3.49. The third kappa shape index (κ3) is 3.58. The molecule has 1 aromatic rings. The predicted octanol–water partition coefficient (Wildman–Crippen LogP) is 3.21. The van der Waals surface area contributed by atoms with E-state index in [0.29, 0.717) is 12.0 Å². The van der Waals surface area contributed by atoms with Gasteiger partial charge in [0, 0.05) is 25.0 Å². The van der Waals surface area contributed by atoms with Crippen molar-refractivity contribution in [1.82, 2.24) is 10.6 Å².